The first-order chi connectivity index (χ1) is 12.1. The van der Waals surface area contributed by atoms with Crippen LogP contribution in [0.3, 0.4) is 0 Å². The van der Waals surface area contributed by atoms with Gasteiger partial charge in [-0.1, -0.05) is 0 Å². The lowest BCUT2D eigenvalue weighted by Gasteiger charge is -2.33. The maximum absolute atomic E-state index is 12.5. The quantitative estimate of drug-likeness (QED) is 0.624. The Labute approximate surface area is 152 Å². The van der Waals surface area contributed by atoms with Gasteiger partial charge < -0.3 is 19.9 Å². The van der Waals surface area contributed by atoms with Crippen molar-refractivity contribution in [2.75, 3.05) is 19.7 Å². The molecule has 0 bridgehead atoms. The van der Waals surface area contributed by atoms with Gasteiger partial charge in [-0.15, -0.1) is 0 Å². The molecule has 0 aromatic carbocycles. The Kier molecular flexibility index (Phi) is 6.09. The van der Waals surface area contributed by atoms with E-state index in [-0.39, 0.29) is 31.5 Å². The molecule has 26 heavy (non-hydrogen) atoms. The van der Waals surface area contributed by atoms with Crippen LogP contribution in [0.4, 0.5) is 0 Å². The minimum atomic E-state index is -3.93. The fourth-order valence-corrected chi connectivity index (χ4v) is 4.22. The van der Waals surface area contributed by atoms with E-state index in [2.05, 4.69) is 5.32 Å². The third-order valence-corrected chi connectivity index (χ3v) is 6.18. The molecule has 10 heteroatoms. The van der Waals surface area contributed by atoms with Crippen LogP contribution in [0.25, 0.3) is 0 Å². The molecular formula is C16H24N2O7S. The summed E-state index contributed by atoms with van der Waals surface area (Å²) in [5, 5.41) is 20.3. The number of amides is 1. The van der Waals surface area contributed by atoms with Crippen LogP contribution in [0, 0.1) is 5.92 Å². The van der Waals surface area contributed by atoms with E-state index in [0.717, 1.165) is 12.1 Å². The molecule has 1 fully saturated rings. The number of nitrogens with zero attached hydrogens (tertiary/aromatic N) is 1. The number of carboxylic acid groups (broad SMARTS) is 1. The van der Waals surface area contributed by atoms with E-state index in [4.69, 9.17) is 14.6 Å². The molecule has 1 aliphatic rings. The van der Waals surface area contributed by atoms with Crippen LogP contribution in [-0.4, -0.2) is 60.0 Å². The summed E-state index contributed by atoms with van der Waals surface area (Å²) in [6, 6.07) is 2.22. The van der Waals surface area contributed by atoms with Gasteiger partial charge in [-0.2, -0.15) is 4.31 Å². The van der Waals surface area contributed by atoms with E-state index < -0.39 is 32.4 Å². The third kappa shape index (κ3) is 4.63. The SMILES string of the molecule is CC(C)(CCO)NC(=O)C1CCN(S(=O)(=O)c2ccc(C(=O)O)o2)CC1. The first-order valence-corrected chi connectivity index (χ1v) is 9.77. The fourth-order valence-electron chi connectivity index (χ4n) is 2.84. The minimum absolute atomic E-state index is 0.0363. The summed E-state index contributed by atoms with van der Waals surface area (Å²) < 4.78 is 31.1. The average molecular weight is 388 g/mol. The number of aliphatic hydroxyl groups is 1. The summed E-state index contributed by atoms with van der Waals surface area (Å²) in [6.45, 7) is 3.88. The topological polar surface area (TPSA) is 137 Å². The standard InChI is InChI=1S/C16H24N2O7S/c1-16(2,7-10-19)17-14(20)11-5-8-18(9-6-11)26(23,24)13-4-3-12(25-13)15(21)22/h3-4,11,19H,5-10H2,1-2H3,(H,17,20)(H,21,22). The largest absolute Gasteiger partial charge is 0.475 e. The maximum Gasteiger partial charge on any atom is 0.371 e. The van der Waals surface area contributed by atoms with Crippen molar-refractivity contribution >= 4 is 21.9 Å². The molecule has 0 saturated carbocycles. The Balaban J connectivity index is 1.98. The molecule has 2 rings (SSSR count). The number of furan rings is 1. The van der Waals surface area contributed by atoms with Gasteiger partial charge in [-0.25, -0.2) is 13.2 Å². The van der Waals surface area contributed by atoms with Gasteiger partial charge in [0.2, 0.25) is 16.8 Å². The van der Waals surface area contributed by atoms with Crippen LogP contribution in [0.5, 0.6) is 0 Å². The highest BCUT2D eigenvalue weighted by atomic mass is 32.2. The number of rotatable bonds is 7. The molecule has 3 N–H and O–H groups in total. The number of carboxylic acids is 1. The van der Waals surface area contributed by atoms with Gasteiger partial charge in [-0.3, -0.25) is 4.79 Å². The lowest BCUT2D eigenvalue weighted by molar-refractivity contribution is -0.127. The molecule has 1 aromatic heterocycles. The molecule has 0 spiro atoms. The average Bonchev–Trinajstić information content (AvgIpc) is 3.05. The zero-order valence-electron chi connectivity index (χ0n) is 14.8. The van der Waals surface area contributed by atoms with Crippen molar-refractivity contribution in [1.82, 2.24) is 9.62 Å². The summed E-state index contributed by atoms with van der Waals surface area (Å²) in [5.74, 6) is -2.26. The van der Waals surface area contributed by atoms with Crippen LogP contribution in [0.2, 0.25) is 0 Å². The number of hydrogen-bond acceptors (Lipinski definition) is 6. The number of aromatic carboxylic acids is 1. The Morgan fingerprint density at radius 2 is 1.92 bits per heavy atom. The van der Waals surface area contributed by atoms with Gasteiger partial charge >= 0.3 is 5.97 Å². The first kappa shape index (κ1) is 20.4. The number of carbonyl (C=O) groups is 2. The van der Waals surface area contributed by atoms with E-state index in [0.29, 0.717) is 19.3 Å². The Hall–Kier alpha value is -1.91. The van der Waals surface area contributed by atoms with Crippen molar-refractivity contribution < 1.29 is 32.6 Å². The van der Waals surface area contributed by atoms with E-state index >= 15 is 0 Å². The van der Waals surface area contributed by atoms with Crippen LogP contribution in [0.15, 0.2) is 21.6 Å². The van der Waals surface area contributed by atoms with Crippen molar-refractivity contribution in [2.45, 2.75) is 43.7 Å². The monoisotopic (exact) mass is 388 g/mol. The van der Waals surface area contributed by atoms with Gasteiger partial charge in [-0.05, 0) is 45.2 Å². The molecular weight excluding hydrogens is 364 g/mol. The summed E-state index contributed by atoms with van der Waals surface area (Å²) in [4.78, 5) is 23.2. The van der Waals surface area contributed by atoms with Crippen LogP contribution >= 0.6 is 0 Å². The van der Waals surface area contributed by atoms with Crippen molar-refractivity contribution in [3.63, 3.8) is 0 Å². The molecule has 1 amide bonds. The number of piperidine rings is 1. The number of carbonyl (C=O) groups excluding carboxylic acids is 1. The first-order valence-electron chi connectivity index (χ1n) is 8.33. The van der Waals surface area contributed by atoms with Gasteiger partial charge in [0.1, 0.15) is 0 Å². The highest BCUT2D eigenvalue weighted by molar-refractivity contribution is 7.89. The molecule has 0 unspecified atom stereocenters. The zero-order valence-corrected chi connectivity index (χ0v) is 15.6. The highest BCUT2D eigenvalue weighted by Gasteiger charge is 2.35. The maximum atomic E-state index is 12.5. The molecule has 0 atom stereocenters. The summed E-state index contributed by atoms with van der Waals surface area (Å²) in [5.41, 5.74) is -0.531. The summed E-state index contributed by atoms with van der Waals surface area (Å²) in [6.07, 6.45) is 1.13. The Morgan fingerprint density at radius 1 is 1.31 bits per heavy atom. The fraction of sp³-hybridized carbons (Fsp3) is 0.625. The van der Waals surface area contributed by atoms with E-state index in [1.165, 1.54) is 4.31 Å². The molecule has 1 saturated heterocycles. The van der Waals surface area contributed by atoms with Crippen molar-refractivity contribution in [3.8, 4) is 0 Å². The number of sulfonamides is 1. The normalized spacial score (nSPS) is 17.2. The molecule has 1 aliphatic heterocycles. The molecule has 2 heterocycles. The van der Waals surface area contributed by atoms with Crippen LogP contribution < -0.4 is 5.32 Å². The van der Waals surface area contributed by atoms with Crippen molar-refractivity contribution in [2.24, 2.45) is 5.92 Å². The second-order valence-electron chi connectivity index (χ2n) is 6.95. The Morgan fingerprint density at radius 3 is 2.42 bits per heavy atom. The minimum Gasteiger partial charge on any atom is -0.475 e. The third-order valence-electron chi connectivity index (χ3n) is 4.41. The van der Waals surface area contributed by atoms with E-state index in [1.54, 1.807) is 0 Å². The molecule has 0 radical (unpaired) electrons. The van der Waals surface area contributed by atoms with E-state index in [1.807, 2.05) is 13.8 Å². The molecule has 9 nitrogen and oxygen atoms in total. The predicted octanol–water partition coefficient (Wildman–Crippen LogP) is 0.656. The van der Waals surface area contributed by atoms with Gasteiger partial charge in [0.05, 0.1) is 0 Å². The Bertz CT molecular complexity index is 761. The number of aliphatic hydroxyl groups excluding tert-OH is 1. The second kappa shape index (κ2) is 7.77. The van der Waals surface area contributed by atoms with Gasteiger partial charge in [0, 0.05) is 31.2 Å². The number of nitrogens with one attached hydrogen (secondary N) is 1. The molecule has 1 aromatic rings. The van der Waals surface area contributed by atoms with Crippen LogP contribution in [0.1, 0.15) is 43.7 Å². The van der Waals surface area contributed by atoms with E-state index in [9.17, 15) is 18.0 Å². The predicted molar refractivity (Wildman–Crippen MR) is 91.1 cm³/mol. The van der Waals surface area contributed by atoms with Gasteiger partial charge in [0.25, 0.3) is 10.0 Å². The lowest BCUT2D eigenvalue weighted by Crippen LogP contribution is -2.49. The van der Waals surface area contributed by atoms with Gasteiger partial charge in [0.15, 0.2) is 0 Å². The van der Waals surface area contributed by atoms with Crippen molar-refractivity contribution in [3.05, 3.63) is 17.9 Å². The lowest BCUT2D eigenvalue weighted by atomic mass is 9.94. The summed E-state index contributed by atoms with van der Waals surface area (Å²) >= 11 is 0. The highest BCUT2D eigenvalue weighted by Crippen LogP contribution is 2.26. The molecule has 0 aliphatic carbocycles. The second-order valence-corrected chi connectivity index (χ2v) is 8.82. The summed E-state index contributed by atoms with van der Waals surface area (Å²) in [7, 11) is -3.93. The number of hydrogen-bond donors (Lipinski definition) is 3. The zero-order chi connectivity index (χ0) is 19.5. The van der Waals surface area contributed by atoms with Crippen LogP contribution in [-0.2, 0) is 14.8 Å². The molecule has 146 valence electrons. The van der Waals surface area contributed by atoms with Crippen molar-refractivity contribution in [1.29, 1.82) is 0 Å². The smallest absolute Gasteiger partial charge is 0.371 e.